The van der Waals surface area contributed by atoms with Gasteiger partial charge in [-0.1, -0.05) is 18.2 Å². The molecule has 6 heterocycles. The Labute approximate surface area is 362 Å². The Kier molecular flexibility index (Phi) is 11.6. The Morgan fingerprint density at radius 1 is 0.952 bits per heavy atom. The summed E-state index contributed by atoms with van der Waals surface area (Å²) in [6.45, 7) is 9.69. The van der Waals surface area contributed by atoms with Crippen molar-refractivity contribution in [3.05, 3.63) is 89.5 Å². The Hall–Kier alpha value is -5.97. The largest absolute Gasteiger partial charge is 0.491 e. The molecule has 5 amide bonds. The van der Waals surface area contributed by atoms with E-state index >= 15 is 0 Å². The maximum atomic E-state index is 13.8. The van der Waals surface area contributed by atoms with E-state index in [1.54, 1.807) is 30.3 Å². The highest BCUT2D eigenvalue weighted by Gasteiger charge is 2.46. The molecule has 0 saturated carbocycles. The lowest BCUT2D eigenvalue weighted by Gasteiger charge is -2.44. The van der Waals surface area contributed by atoms with Crippen LogP contribution in [0.5, 0.6) is 5.75 Å². The predicted octanol–water partition coefficient (Wildman–Crippen LogP) is 5.53. The number of rotatable bonds is 13. The maximum Gasteiger partial charge on any atom is 0.262 e. The van der Waals surface area contributed by atoms with Gasteiger partial charge in [0, 0.05) is 67.5 Å². The highest BCUT2D eigenvalue weighted by molar-refractivity contribution is 6.31. The second-order valence-corrected chi connectivity index (χ2v) is 17.1. The molecule has 17 heteroatoms. The van der Waals surface area contributed by atoms with Gasteiger partial charge in [-0.25, -0.2) is 14.4 Å². The first kappa shape index (κ1) is 41.4. The van der Waals surface area contributed by atoms with E-state index in [4.69, 9.17) is 16.3 Å². The van der Waals surface area contributed by atoms with Crippen LogP contribution in [0.3, 0.4) is 0 Å². The van der Waals surface area contributed by atoms with Gasteiger partial charge in [-0.05, 0) is 106 Å². The van der Waals surface area contributed by atoms with Crippen LogP contribution in [0.1, 0.15) is 65.7 Å². The third kappa shape index (κ3) is 8.33. The van der Waals surface area contributed by atoms with Gasteiger partial charge in [-0.3, -0.25) is 39.1 Å². The normalized spacial score (nSPS) is 21.9. The Balaban J connectivity index is 0.758. The monoisotopic (exact) mass is 863 g/mol. The lowest BCUT2D eigenvalue weighted by molar-refractivity contribution is -0.136. The van der Waals surface area contributed by atoms with E-state index in [0.29, 0.717) is 69.6 Å². The fraction of sp³-hybridized carbons (Fsp3) is 0.400. The summed E-state index contributed by atoms with van der Waals surface area (Å²) in [5.74, 6) is -1.35. The Morgan fingerprint density at radius 3 is 2.47 bits per heavy atom. The maximum absolute atomic E-state index is 13.8. The zero-order chi connectivity index (χ0) is 43.1. The molecule has 3 unspecified atom stereocenters. The lowest BCUT2D eigenvalue weighted by Crippen LogP contribution is -2.55. The van der Waals surface area contributed by atoms with Crippen molar-refractivity contribution in [2.75, 3.05) is 61.4 Å². The highest BCUT2D eigenvalue weighted by Crippen LogP contribution is 2.38. The molecule has 0 radical (unpaired) electrons. The molecule has 9 rings (SSSR count). The van der Waals surface area contributed by atoms with Gasteiger partial charge in [0.25, 0.3) is 11.8 Å². The molecule has 0 aliphatic carbocycles. The van der Waals surface area contributed by atoms with E-state index in [9.17, 15) is 28.4 Å². The number of halogens is 2. The van der Waals surface area contributed by atoms with E-state index in [-0.39, 0.29) is 23.8 Å². The Bertz CT molecular complexity index is 2470. The van der Waals surface area contributed by atoms with Gasteiger partial charge in [0.15, 0.2) is 0 Å². The van der Waals surface area contributed by atoms with Gasteiger partial charge < -0.3 is 25.2 Å². The van der Waals surface area contributed by atoms with Gasteiger partial charge in [-0.15, -0.1) is 0 Å². The molecular weight excluding hydrogens is 817 g/mol. The molecule has 5 aliphatic heterocycles. The van der Waals surface area contributed by atoms with Crippen LogP contribution < -0.4 is 25.6 Å². The van der Waals surface area contributed by atoms with Gasteiger partial charge in [0.2, 0.25) is 17.7 Å². The molecule has 3 N–H and O–H groups in total. The summed E-state index contributed by atoms with van der Waals surface area (Å²) in [6.07, 6.45) is 8.11. The van der Waals surface area contributed by atoms with Crippen molar-refractivity contribution in [3.8, 4) is 5.75 Å². The fourth-order valence-electron chi connectivity index (χ4n) is 9.61. The number of piperidine rings is 2. The summed E-state index contributed by atoms with van der Waals surface area (Å²) in [5, 5.41) is 8.85. The minimum atomic E-state index is -0.980. The molecule has 62 heavy (non-hydrogen) atoms. The summed E-state index contributed by atoms with van der Waals surface area (Å²) in [6, 6.07) is 13.1. The number of hydrogen-bond donors (Lipinski definition) is 3. The number of likely N-dealkylation sites (tertiary alicyclic amines) is 1. The molecule has 3 atom stereocenters. The zero-order valence-corrected chi connectivity index (χ0v) is 34.8. The number of carbonyl (C=O) groups excluding carboxylic acids is 5. The molecule has 2 bridgehead atoms. The third-order valence-corrected chi connectivity index (χ3v) is 13.1. The van der Waals surface area contributed by atoms with Crippen LogP contribution in [-0.2, 0) is 14.4 Å². The van der Waals surface area contributed by atoms with Gasteiger partial charge in [0.1, 0.15) is 29.8 Å². The van der Waals surface area contributed by atoms with Crippen molar-refractivity contribution in [2.45, 2.75) is 63.1 Å². The average molecular weight is 864 g/mol. The van der Waals surface area contributed by atoms with E-state index < -0.39 is 35.5 Å². The number of carbonyl (C=O) groups is 5. The number of hydrogen-bond acceptors (Lipinski definition) is 12. The van der Waals surface area contributed by atoms with Crippen LogP contribution in [0, 0.1) is 11.7 Å². The number of aromatic nitrogens is 2. The van der Waals surface area contributed by atoms with Crippen LogP contribution in [0.2, 0.25) is 5.02 Å². The van der Waals surface area contributed by atoms with Crippen molar-refractivity contribution in [1.82, 2.24) is 30.0 Å². The molecule has 4 fully saturated rings. The van der Waals surface area contributed by atoms with Crippen LogP contribution in [0.15, 0.2) is 67.5 Å². The van der Waals surface area contributed by atoms with Crippen LogP contribution in [0.25, 0.3) is 10.9 Å². The average Bonchev–Trinajstić information content (AvgIpc) is 3.64. The topological polar surface area (TPSA) is 169 Å². The van der Waals surface area contributed by atoms with Crippen molar-refractivity contribution >= 4 is 74.9 Å². The van der Waals surface area contributed by atoms with Crippen molar-refractivity contribution in [2.24, 2.45) is 5.92 Å². The second-order valence-electron chi connectivity index (χ2n) is 16.7. The standard InChI is InChI=1S/C45H47ClFN9O6/c1-2-40(57)51-37-20-33-36(48-25-49-42(33)50-27-4-9-35(47)34(46)18-27)21-39(37)62-17-3-14-53-15-12-26(13-16-53)22-55-29-5-6-30(55)24-54(23-29)28-7-8-31-32(19-28)45(61)56(44(31)60)38-10-11-41(58)52-43(38)59/h2,4,7-9,18-21,25-26,29-30,38H,1,3,5-6,10-17,22-24H2,(H,51,57)(H,48,49,50)(H,52,58,59). The third-order valence-electron chi connectivity index (χ3n) is 12.8. The number of nitrogens with one attached hydrogen (secondary N) is 3. The summed E-state index contributed by atoms with van der Waals surface area (Å²) < 4.78 is 20.0. The molecular formula is C45H47ClFN9O6. The van der Waals surface area contributed by atoms with Crippen LogP contribution in [0.4, 0.5) is 27.3 Å². The summed E-state index contributed by atoms with van der Waals surface area (Å²) in [5.41, 5.74) is 3.11. The molecule has 5 aliphatic rings. The van der Waals surface area contributed by atoms with E-state index in [1.165, 1.54) is 24.5 Å². The number of benzene rings is 3. The van der Waals surface area contributed by atoms with Crippen molar-refractivity contribution in [3.63, 3.8) is 0 Å². The number of imide groups is 2. The van der Waals surface area contributed by atoms with Crippen LogP contribution >= 0.6 is 11.6 Å². The molecule has 322 valence electrons. The predicted molar refractivity (Wildman–Crippen MR) is 231 cm³/mol. The minimum absolute atomic E-state index is 0.0225. The Morgan fingerprint density at radius 2 is 1.73 bits per heavy atom. The van der Waals surface area contributed by atoms with Gasteiger partial charge in [0.05, 0.1) is 34.0 Å². The van der Waals surface area contributed by atoms with Crippen molar-refractivity contribution < 1.29 is 33.1 Å². The second kappa shape index (κ2) is 17.4. The first-order chi connectivity index (χ1) is 30.0. The van der Waals surface area contributed by atoms with E-state index in [2.05, 4.69) is 47.2 Å². The number of fused-ring (bicyclic) bond motifs is 4. The highest BCUT2D eigenvalue weighted by atomic mass is 35.5. The summed E-state index contributed by atoms with van der Waals surface area (Å²) in [4.78, 5) is 80.6. The van der Waals surface area contributed by atoms with Crippen LogP contribution in [-0.4, -0.2) is 118 Å². The number of piperazine rings is 1. The quantitative estimate of drug-likeness (QED) is 0.0876. The fourth-order valence-corrected chi connectivity index (χ4v) is 9.79. The number of amides is 5. The van der Waals surface area contributed by atoms with Crippen molar-refractivity contribution in [1.29, 1.82) is 0 Å². The first-order valence-corrected chi connectivity index (χ1v) is 21.6. The first-order valence-electron chi connectivity index (χ1n) is 21.2. The SMILES string of the molecule is C=CC(=O)Nc1cc2c(Nc3ccc(F)c(Cl)c3)ncnc2cc1OCCCN1CCC(CN2C3CCC2CN(c2ccc4c(c2)C(=O)N(C2CCC(=O)NC2=O)C4=O)C3)CC1. The van der Waals surface area contributed by atoms with Gasteiger partial charge in [-0.2, -0.15) is 0 Å². The molecule has 3 aromatic carbocycles. The lowest BCUT2D eigenvalue weighted by atomic mass is 9.95. The number of nitrogens with zero attached hydrogens (tertiary/aromatic N) is 6. The molecule has 4 saturated heterocycles. The summed E-state index contributed by atoms with van der Waals surface area (Å²) >= 11 is 5.99. The number of anilines is 4. The minimum Gasteiger partial charge on any atom is -0.491 e. The number of ether oxygens (including phenoxy) is 1. The molecule has 15 nitrogen and oxygen atoms in total. The van der Waals surface area contributed by atoms with E-state index in [1.807, 2.05) is 6.07 Å². The molecule has 0 spiro atoms. The molecule has 1 aromatic heterocycles. The smallest absolute Gasteiger partial charge is 0.262 e. The van der Waals surface area contributed by atoms with E-state index in [0.717, 1.165) is 82.0 Å². The molecule has 4 aromatic rings. The van der Waals surface area contributed by atoms with Gasteiger partial charge >= 0.3 is 0 Å². The summed E-state index contributed by atoms with van der Waals surface area (Å²) in [7, 11) is 0. The zero-order valence-electron chi connectivity index (χ0n) is 34.1.